The molecule has 18 heavy (non-hydrogen) atoms. The van der Waals surface area contributed by atoms with Crippen LogP contribution in [0.1, 0.15) is 18.9 Å². The van der Waals surface area contributed by atoms with E-state index in [-0.39, 0.29) is 6.04 Å². The molecule has 0 saturated heterocycles. The van der Waals surface area contributed by atoms with Gasteiger partial charge in [-0.1, -0.05) is 37.1 Å². The maximum Gasteiger partial charge on any atom is 0.0734 e. The predicted molar refractivity (Wildman–Crippen MR) is 76.4 cm³/mol. The van der Waals surface area contributed by atoms with Crippen LogP contribution in [0.3, 0.4) is 0 Å². The van der Waals surface area contributed by atoms with Gasteiger partial charge in [0.1, 0.15) is 0 Å². The van der Waals surface area contributed by atoms with E-state index >= 15 is 0 Å². The van der Waals surface area contributed by atoms with Gasteiger partial charge in [0.05, 0.1) is 11.6 Å². The van der Waals surface area contributed by atoms with Gasteiger partial charge < -0.3 is 5.32 Å². The van der Waals surface area contributed by atoms with Crippen LogP contribution in [0.4, 0.5) is 0 Å². The van der Waals surface area contributed by atoms with E-state index in [4.69, 9.17) is 6.42 Å². The largest absolute Gasteiger partial charge is 0.303 e. The van der Waals surface area contributed by atoms with Crippen molar-refractivity contribution in [1.29, 1.82) is 0 Å². The van der Waals surface area contributed by atoms with Gasteiger partial charge in [-0.15, -0.1) is 6.42 Å². The van der Waals surface area contributed by atoms with E-state index in [9.17, 15) is 0 Å². The lowest BCUT2D eigenvalue weighted by Gasteiger charge is -2.11. The molecule has 2 rings (SSSR count). The maximum absolute atomic E-state index is 5.43. The molecule has 0 aliphatic heterocycles. The number of hydrogen-bond acceptors (Lipinski definition) is 2. The summed E-state index contributed by atoms with van der Waals surface area (Å²) >= 11 is 0. The van der Waals surface area contributed by atoms with Gasteiger partial charge in [0.25, 0.3) is 0 Å². The van der Waals surface area contributed by atoms with Crippen LogP contribution in [0, 0.1) is 12.3 Å². The molecule has 0 aliphatic rings. The van der Waals surface area contributed by atoms with Crippen molar-refractivity contribution in [2.24, 2.45) is 0 Å². The second-order valence-electron chi connectivity index (χ2n) is 4.32. The number of hydrogen-bond donors (Lipinski definition) is 1. The topological polar surface area (TPSA) is 24.9 Å². The third kappa shape index (κ3) is 2.88. The summed E-state index contributed by atoms with van der Waals surface area (Å²) < 4.78 is 0. The van der Waals surface area contributed by atoms with Gasteiger partial charge in [-0.2, -0.15) is 0 Å². The van der Waals surface area contributed by atoms with Crippen molar-refractivity contribution in [1.82, 2.24) is 10.3 Å². The van der Waals surface area contributed by atoms with Crippen molar-refractivity contribution in [3.05, 3.63) is 42.1 Å². The van der Waals surface area contributed by atoms with E-state index in [2.05, 4.69) is 47.4 Å². The van der Waals surface area contributed by atoms with Crippen molar-refractivity contribution < 1.29 is 0 Å². The predicted octanol–water partition coefficient (Wildman–Crippen LogP) is 2.78. The van der Waals surface area contributed by atoms with Crippen molar-refractivity contribution in [2.45, 2.75) is 25.8 Å². The van der Waals surface area contributed by atoms with Gasteiger partial charge in [-0.25, -0.2) is 0 Å². The zero-order valence-corrected chi connectivity index (χ0v) is 10.7. The lowest BCUT2D eigenvalue weighted by atomic mass is 10.1. The molecule has 1 atom stereocenters. The molecule has 1 aromatic carbocycles. The average molecular weight is 238 g/mol. The molecule has 2 nitrogen and oxygen atoms in total. The first-order chi connectivity index (χ1) is 8.85. The Morgan fingerprint density at radius 3 is 2.94 bits per heavy atom. The standard InChI is InChI=1S/C16H18N2/c1-3-15(4-2)17-12-10-14-8-5-7-13-9-6-11-18-16(13)14/h1,5-9,11,15,17H,4,10,12H2,2H3. The fourth-order valence-corrected chi connectivity index (χ4v) is 2.07. The first-order valence-corrected chi connectivity index (χ1v) is 6.37. The van der Waals surface area contributed by atoms with Gasteiger partial charge in [0, 0.05) is 18.1 Å². The Morgan fingerprint density at radius 1 is 1.33 bits per heavy atom. The molecule has 1 heterocycles. The van der Waals surface area contributed by atoms with Crippen LogP contribution in [0.25, 0.3) is 10.9 Å². The molecule has 92 valence electrons. The van der Waals surface area contributed by atoms with E-state index in [1.165, 1.54) is 10.9 Å². The Morgan fingerprint density at radius 2 is 2.17 bits per heavy atom. The molecule has 0 saturated carbocycles. The summed E-state index contributed by atoms with van der Waals surface area (Å²) in [7, 11) is 0. The summed E-state index contributed by atoms with van der Waals surface area (Å²) in [6, 6.07) is 10.5. The minimum atomic E-state index is 0.174. The third-order valence-electron chi connectivity index (χ3n) is 3.11. The molecule has 2 heteroatoms. The second-order valence-corrected chi connectivity index (χ2v) is 4.32. The second kappa shape index (κ2) is 6.18. The molecule has 2 aromatic rings. The van der Waals surface area contributed by atoms with Crippen LogP contribution in [0.5, 0.6) is 0 Å². The average Bonchev–Trinajstić information content (AvgIpc) is 2.44. The number of nitrogens with zero attached hydrogens (tertiary/aromatic N) is 1. The zero-order chi connectivity index (χ0) is 12.8. The Bertz CT molecular complexity index is 549. The summed E-state index contributed by atoms with van der Waals surface area (Å²) in [4.78, 5) is 4.45. The van der Waals surface area contributed by atoms with E-state index < -0.39 is 0 Å². The fourth-order valence-electron chi connectivity index (χ4n) is 2.07. The van der Waals surface area contributed by atoms with Gasteiger partial charge in [0.15, 0.2) is 0 Å². The lowest BCUT2D eigenvalue weighted by molar-refractivity contribution is 0.594. The van der Waals surface area contributed by atoms with Crippen molar-refractivity contribution in [2.75, 3.05) is 6.54 Å². The molecule has 1 unspecified atom stereocenters. The highest BCUT2D eigenvalue weighted by atomic mass is 14.9. The minimum absolute atomic E-state index is 0.174. The zero-order valence-electron chi connectivity index (χ0n) is 10.7. The van der Waals surface area contributed by atoms with Crippen molar-refractivity contribution in [3.8, 4) is 12.3 Å². The third-order valence-corrected chi connectivity index (χ3v) is 3.11. The number of para-hydroxylation sites is 1. The van der Waals surface area contributed by atoms with Crippen LogP contribution >= 0.6 is 0 Å². The summed E-state index contributed by atoms with van der Waals surface area (Å²) in [5.74, 6) is 2.75. The van der Waals surface area contributed by atoms with Crippen LogP contribution in [0.15, 0.2) is 36.5 Å². The summed E-state index contributed by atoms with van der Waals surface area (Å²) in [6.45, 7) is 2.98. The molecule has 0 amide bonds. The molecule has 1 aromatic heterocycles. The van der Waals surface area contributed by atoms with E-state index in [1.54, 1.807) is 0 Å². The normalized spacial score (nSPS) is 12.2. The van der Waals surface area contributed by atoms with E-state index in [1.807, 2.05) is 12.3 Å². The molecule has 0 fully saturated rings. The first-order valence-electron chi connectivity index (χ1n) is 6.37. The van der Waals surface area contributed by atoms with Crippen LogP contribution in [-0.4, -0.2) is 17.6 Å². The molecule has 0 spiro atoms. The first kappa shape index (κ1) is 12.6. The van der Waals surface area contributed by atoms with Crippen LogP contribution in [0.2, 0.25) is 0 Å². The number of fused-ring (bicyclic) bond motifs is 1. The molecule has 1 N–H and O–H groups in total. The Kier molecular flexibility index (Phi) is 4.33. The van der Waals surface area contributed by atoms with Gasteiger partial charge in [0.2, 0.25) is 0 Å². The Balaban J connectivity index is 2.06. The molecule has 0 bridgehead atoms. The Labute approximate surface area is 108 Å². The van der Waals surface area contributed by atoms with Gasteiger partial charge in [-0.05, 0) is 24.5 Å². The van der Waals surface area contributed by atoms with E-state index in [0.29, 0.717) is 0 Å². The summed E-state index contributed by atoms with van der Waals surface area (Å²) in [6.07, 6.45) is 9.18. The van der Waals surface area contributed by atoms with Gasteiger partial charge in [-0.3, -0.25) is 4.98 Å². The van der Waals surface area contributed by atoms with E-state index in [0.717, 1.165) is 24.9 Å². The number of pyridine rings is 1. The highest BCUT2D eigenvalue weighted by molar-refractivity contribution is 5.81. The quantitative estimate of drug-likeness (QED) is 0.810. The number of benzene rings is 1. The number of terminal acetylenes is 1. The summed E-state index contributed by atoms with van der Waals surface area (Å²) in [5.41, 5.74) is 2.36. The molecule has 0 aliphatic carbocycles. The highest BCUT2D eigenvalue weighted by Crippen LogP contribution is 2.15. The van der Waals surface area contributed by atoms with Crippen LogP contribution < -0.4 is 5.32 Å². The minimum Gasteiger partial charge on any atom is -0.303 e. The fraction of sp³-hybridized carbons (Fsp3) is 0.312. The SMILES string of the molecule is C#CC(CC)NCCc1cccc2cccnc12. The smallest absolute Gasteiger partial charge is 0.0734 e. The lowest BCUT2D eigenvalue weighted by Crippen LogP contribution is -2.28. The number of nitrogens with one attached hydrogen (secondary N) is 1. The number of rotatable bonds is 5. The molecular formula is C16H18N2. The monoisotopic (exact) mass is 238 g/mol. The molecule has 0 radical (unpaired) electrons. The Hall–Kier alpha value is -1.85. The van der Waals surface area contributed by atoms with Crippen molar-refractivity contribution in [3.63, 3.8) is 0 Å². The highest BCUT2D eigenvalue weighted by Gasteiger charge is 2.03. The van der Waals surface area contributed by atoms with Crippen molar-refractivity contribution >= 4 is 10.9 Å². The summed E-state index contributed by atoms with van der Waals surface area (Å²) in [5, 5.41) is 4.56. The van der Waals surface area contributed by atoms with Gasteiger partial charge >= 0.3 is 0 Å². The number of aromatic nitrogens is 1. The molecular weight excluding hydrogens is 220 g/mol. The maximum atomic E-state index is 5.43. The van der Waals surface area contributed by atoms with Crippen LogP contribution in [-0.2, 0) is 6.42 Å².